The summed E-state index contributed by atoms with van der Waals surface area (Å²) >= 11 is 6.02. The largest absolute Gasteiger partial charge is 0.508 e. The minimum absolute atomic E-state index is 0.0907. The van der Waals surface area contributed by atoms with Gasteiger partial charge >= 0.3 is 0 Å². The van der Waals surface area contributed by atoms with Gasteiger partial charge in [-0.15, -0.1) is 0 Å². The van der Waals surface area contributed by atoms with E-state index >= 15 is 0 Å². The number of ether oxygens (including phenoxy) is 1. The monoisotopic (exact) mass is 268 g/mol. The molecular formula is C12H13ClN2O3. The van der Waals surface area contributed by atoms with E-state index in [2.05, 4.69) is 10.1 Å². The molecule has 0 bridgehead atoms. The second-order valence-electron chi connectivity index (χ2n) is 3.75. The van der Waals surface area contributed by atoms with E-state index in [0.29, 0.717) is 16.4 Å². The van der Waals surface area contributed by atoms with Crippen molar-refractivity contribution >= 4 is 11.6 Å². The van der Waals surface area contributed by atoms with Gasteiger partial charge in [0.15, 0.2) is 0 Å². The molecule has 2 rings (SSSR count). The van der Waals surface area contributed by atoms with E-state index in [4.69, 9.17) is 20.9 Å². The maximum Gasteiger partial charge on any atom is 0.259 e. The Morgan fingerprint density at radius 3 is 2.94 bits per heavy atom. The fourth-order valence-corrected chi connectivity index (χ4v) is 1.81. The average molecular weight is 269 g/mol. The van der Waals surface area contributed by atoms with E-state index < -0.39 is 0 Å². The topological polar surface area (TPSA) is 68.4 Å². The van der Waals surface area contributed by atoms with Crippen molar-refractivity contribution in [2.75, 3.05) is 7.11 Å². The number of phenols is 1. The van der Waals surface area contributed by atoms with E-state index in [1.807, 2.05) is 6.92 Å². The molecule has 0 saturated carbocycles. The quantitative estimate of drug-likeness (QED) is 0.922. The van der Waals surface area contributed by atoms with E-state index in [1.165, 1.54) is 12.1 Å². The van der Waals surface area contributed by atoms with Crippen LogP contribution in [0.2, 0.25) is 5.02 Å². The number of aromatic hydroxyl groups is 1. The number of nitrogens with zero attached hydrogens (tertiary/aromatic N) is 2. The lowest BCUT2D eigenvalue weighted by Gasteiger charge is -2.06. The summed E-state index contributed by atoms with van der Waals surface area (Å²) in [6.07, 6.45) is 0.530. The van der Waals surface area contributed by atoms with Crippen molar-refractivity contribution in [2.24, 2.45) is 0 Å². The molecule has 5 nitrogen and oxygen atoms in total. The van der Waals surface area contributed by atoms with E-state index in [0.717, 1.165) is 6.42 Å². The van der Waals surface area contributed by atoms with Crippen LogP contribution in [0.1, 0.15) is 25.3 Å². The number of rotatable bonds is 4. The van der Waals surface area contributed by atoms with Gasteiger partial charge in [0.05, 0.1) is 10.6 Å². The van der Waals surface area contributed by atoms with Crippen molar-refractivity contribution in [2.45, 2.75) is 19.4 Å². The van der Waals surface area contributed by atoms with Crippen LogP contribution in [0.4, 0.5) is 0 Å². The third-order valence-corrected chi connectivity index (χ3v) is 2.89. The molecular weight excluding hydrogens is 256 g/mol. The van der Waals surface area contributed by atoms with Crippen LogP contribution < -0.4 is 0 Å². The minimum Gasteiger partial charge on any atom is -0.508 e. The fraction of sp³-hybridized carbons (Fsp3) is 0.333. The number of benzene rings is 1. The molecule has 0 radical (unpaired) electrons. The van der Waals surface area contributed by atoms with Crippen molar-refractivity contribution in [1.29, 1.82) is 0 Å². The molecule has 1 aromatic carbocycles. The number of aromatic nitrogens is 2. The van der Waals surface area contributed by atoms with Crippen molar-refractivity contribution in [3.05, 3.63) is 29.0 Å². The third kappa shape index (κ3) is 2.47. The molecule has 96 valence electrons. The average Bonchev–Trinajstić information content (AvgIpc) is 2.83. The van der Waals surface area contributed by atoms with Crippen LogP contribution in [0.15, 0.2) is 22.7 Å². The molecule has 0 aliphatic carbocycles. The molecule has 0 spiro atoms. The summed E-state index contributed by atoms with van der Waals surface area (Å²) in [6.45, 7) is 1.96. The second kappa shape index (κ2) is 5.37. The molecule has 0 fully saturated rings. The number of hydrogen-bond donors (Lipinski definition) is 1. The molecule has 1 N–H and O–H groups in total. The predicted octanol–water partition coefficient (Wildman–Crippen LogP) is 3.19. The van der Waals surface area contributed by atoms with Gasteiger partial charge in [-0.3, -0.25) is 0 Å². The Labute approximate surface area is 109 Å². The van der Waals surface area contributed by atoms with Crippen LogP contribution in [0.3, 0.4) is 0 Å². The Morgan fingerprint density at radius 2 is 2.28 bits per heavy atom. The predicted molar refractivity (Wildman–Crippen MR) is 66.4 cm³/mol. The van der Waals surface area contributed by atoms with E-state index in [-0.39, 0.29) is 17.7 Å². The lowest BCUT2D eigenvalue weighted by molar-refractivity contribution is 0.0903. The maximum atomic E-state index is 9.43. The maximum absolute atomic E-state index is 9.43. The van der Waals surface area contributed by atoms with Crippen LogP contribution in [0.25, 0.3) is 11.5 Å². The highest BCUT2D eigenvalue weighted by molar-refractivity contribution is 6.33. The fourth-order valence-electron chi connectivity index (χ4n) is 1.61. The molecule has 0 amide bonds. The van der Waals surface area contributed by atoms with Gasteiger partial charge in [0.25, 0.3) is 5.89 Å². The Bertz CT molecular complexity index is 538. The van der Waals surface area contributed by atoms with E-state index in [9.17, 15) is 5.11 Å². The van der Waals surface area contributed by atoms with Crippen molar-refractivity contribution in [3.8, 4) is 17.2 Å². The lowest BCUT2D eigenvalue weighted by Crippen LogP contribution is -2.01. The van der Waals surface area contributed by atoms with Crippen LogP contribution >= 0.6 is 11.6 Å². The molecule has 0 aliphatic heterocycles. The third-order valence-electron chi connectivity index (χ3n) is 2.57. The van der Waals surface area contributed by atoms with Crippen LogP contribution in [-0.4, -0.2) is 22.4 Å². The SMILES string of the molecule is CCC(OC)c1noc(-c2cc(O)ccc2Cl)n1. The lowest BCUT2D eigenvalue weighted by atomic mass is 10.2. The molecule has 0 aliphatic rings. The Balaban J connectivity index is 2.37. The van der Waals surface area contributed by atoms with Gasteiger partial charge in [0.2, 0.25) is 5.82 Å². The summed E-state index contributed by atoms with van der Waals surface area (Å²) in [5.41, 5.74) is 0.501. The Hall–Kier alpha value is -1.59. The van der Waals surface area contributed by atoms with Gasteiger partial charge in [-0.1, -0.05) is 23.7 Å². The summed E-state index contributed by atoms with van der Waals surface area (Å²) in [4.78, 5) is 4.23. The first-order valence-electron chi connectivity index (χ1n) is 5.51. The first kappa shape index (κ1) is 12.9. The Morgan fingerprint density at radius 1 is 1.50 bits per heavy atom. The van der Waals surface area contributed by atoms with Gasteiger partial charge in [-0.2, -0.15) is 4.98 Å². The van der Waals surface area contributed by atoms with Gasteiger partial charge < -0.3 is 14.4 Å². The van der Waals surface area contributed by atoms with Gasteiger partial charge in [-0.25, -0.2) is 0 Å². The summed E-state index contributed by atoms with van der Waals surface area (Å²) in [5, 5.41) is 13.7. The van der Waals surface area contributed by atoms with Crippen molar-refractivity contribution in [3.63, 3.8) is 0 Å². The highest BCUT2D eigenvalue weighted by atomic mass is 35.5. The molecule has 1 atom stereocenters. The molecule has 2 aromatic rings. The van der Waals surface area contributed by atoms with Gasteiger partial charge in [-0.05, 0) is 24.6 Å². The Kier molecular flexibility index (Phi) is 3.84. The first-order chi connectivity index (χ1) is 8.65. The van der Waals surface area contributed by atoms with Gasteiger partial charge in [0.1, 0.15) is 11.9 Å². The zero-order valence-corrected chi connectivity index (χ0v) is 10.8. The minimum atomic E-state index is -0.210. The summed E-state index contributed by atoms with van der Waals surface area (Å²) in [5.74, 6) is 0.823. The van der Waals surface area contributed by atoms with Crippen LogP contribution in [-0.2, 0) is 4.74 Å². The molecule has 1 aromatic heterocycles. The second-order valence-corrected chi connectivity index (χ2v) is 4.16. The number of halogens is 1. The van der Waals surface area contributed by atoms with Crippen LogP contribution in [0, 0.1) is 0 Å². The number of hydrogen-bond acceptors (Lipinski definition) is 5. The summed E-state index contributed by atoms with van der Waals surface area (Å²) in [7, 11) is 1.59. The highest BCUT2D eigenvalue weighted by Gasteiger charge is 2.18. The van der Waals surface area contributed by atoms with E-state index in [1.54, 1.807) is 13.2 Å². The molecule has 1 unspecified atom stereocenters. The summed E-state index contributed by atoms with van der Waals surface area (Å²) in [6, 6.07) is 4.55. The normalized spacial score (nSPS) is 12.6. The molecule has 0 saturated heterocycles. The number of phenolic OH excluding ortho intramolecular Hbond substituents is 1. The molecule has 6 heteroatoms. The smallest absolute Gasteiger partial charge is 0.259 e. The number of methoxy groups -OCH3 is 1. The zero-order chi connectivity index (χ0) is 13.1. The molecule has 18 heavy (non-hydrogen) atoms. The highest BCUT2D eigenvalue weighted by Crippen LogP contribution is 2.31. The van der Waals surface area contributed by atoms with Crippen molar-refractivity contribution < 1.29 is 14.4 Å². The van der Waals surface area contributed by atoms with Crippen molar-refractivity contribution in [1.82, 2.24) is 10.1 Å². The first-order valence-corrected chi connectivity index (χ1v) is 5.88. The standard InChI is InChI=1S/C12H13ClN2O3/c1-3-10(17-2)11-14-12(18-15-11)8-6-7(16)4-5-9(8)13/h4-6,10,16H,3H2,1-2H3. The summed E-state index contributed by atoms with van der Waals surface area (Å²) < 4.78 is 10.4. The van der Waals surface area contributed by atoms with Crippen LogP contribution in [0.5, 0.6) is 5.75 Å². The zero-order valence-electron chi connectivity index (χ0n) is 10.1. The van der Waals surface area contributed by atoms with Gasteiger partial charge in [0, 0.05) is 7.11 Å². The molecule has 1 heterocycles.